The minimum Gasteiger partial charge on any atom is -0.465 e. The van der Waals surface area contributed by atoms with Gasteiger partial charge in [-0.15, -0.1) is 0 Å². The van der Waals surface area contributed by atoms with Crippen molar-refractivity contribution in [3.8, 4) is 0 Å². The summed E-state index contributed by atoms with van der Waals surface area (Å²) in [5.41, 5.74) is 5.60. The molecule has 2 fully saturated rings. The molecule has 1 amide bonds. The van der Waals surface area contributed by atoms with Crippen molar-refractivity contribution in [1.29, 1.82) is 0 Å². The lowest BCUT2D eigenvalue weighted by Crippen LogP contribution is -2.41. The van der Waals surface area contributed by atoms with Gasteiger partial charge in [0.2, 0.25) is 5.91 Å². The molecule has 2 aliphatic rings. The van der Waals surface area contributed by atoms with Crippen molar-refractivity contribution in [3.63, 3.8) is 0 Å². The van der Waals surface area contributed by atoms with Gasteiger partial charge in [-0.2, -0.15) is 0 Å². The van der Waals surface area contributed by atoms with Crippen molar-refractivity contribution in [1.82, 2.24) is 10.2 Å². The highest BCUT2D eigenvalue weighted by atomic mass is 16.5. The maximum absolute atomic E-state index is 12.3. The summed E-state index contributed by atoms with van der Waals surface area (Å²) in [6.07, 6.45) is 3.68. The molecule has 0 spiro atoms. The number of ether oxygens (including phenoxy) is 1. The number of carbonyl (C=O) groups is 1. The summed E-state index contributed by atoms with van der Waals surface area (Å²) < 4.78 is 11.5. The fourth-order valence-corrected chi connectivity index (χ4v) is 3.48. The van der Waals surface area contributed by atoms with Gasteiger partial charge in [-0.3, -0.25) is 9.69 Å². The molecule has 6 nitrogen and oxygen atoms in total. The number of nitrogens with two attached hydrogens (primary N) is 1. The summed E-state index contributed by atoms with van der Waals surface area (Å²) in [5, 5.41) is 3.05. The van der Waals surface area contributed by atoms with Crippen molar-refractivity contribution in [2.45, 2.75) is 50.9 Å². The Morgan fingerprint density at radius 3 is 2.78 bits per heavy atom. The first-order valence-electron chi connectivity index (χ1n) is 8.61. The normalized spacial score (nSPS) is 26.5. The van der Waals surface area contributed by atoms with Crippen LogP contribution >= 0.6 is 0 Å². The van der Waals surface area contributed by atoms with Crippen LogP contribution in [-0.4, -0.2) is 49.2 Å². The summed E-state index contributed by atoms with van der Waals surface area (Å²) in [6.45, 7) is 5.08. The van der Waals surface area contributed by atoms with Crippen LogP contribution in [0.25, 0.3) is 0 Å². The molecule has 3 atom stereocenters. The lowest BCUT2D eigenvalue weighted by molar-refractivity contribution is -0.132. The van der Waals surface area contributed by atoms with Crippen molar-refractivity contribution in [2.75, 3.05) is 26.2 Å². The second-order valence-corrected chi connectivity index (χ2v) is 6.51. The number of hydrogen-bond donors (Lipinski definition) is 2. The van der Waals surface area contributed by atoms with Crippen LogP contribution in [0.1, 0.15) is 43.2 Å². The third-order valence-corrected chi connectivity index (χ3v) is 4.80. The highest BCUT2D eigenvalue weighted by Crippen LogP contribution is 2.26. The number of hydrogen-bond acceptors (Lipinski definition) is 5. The lowest BCUT2D eigenvalue weighted by atomic mass is 10.1. The molecule has 6 heteroatoms. The van der Waals surface area contributed by atoms with Crippen molar-refractivity contribution in [3.05, 3.63) is 23.7 Å². The van der Waals surface area contributed by atoms with Crippen molar-refractivity contribution in [2.24, 2.45) is 5.73 Å². The molecule has 3 heterocycles. The molecule has 2 aliphatic heterocycles. The maximum atomic E-state index is 12.3. The third kappa shape index (κ3) is 3.94. The van der Waals surface area contributed by atoms with Gasteiger partial charge in [0, 0.05) is 13.1 Å². The van der Waals surface area contributed by atoms with E-state index >= 15 is 0 Å². The Hall–Kier alpha value is -1.37. The molecule has 1 unspecified atom stereocenters. The summed E-state index contributed by atoms with van der Waals surface area (Å²) in [5.74, 6) is 1.80. The van der Waals surface area contributed by atoms with Gasteiger partial charge in [0.25, 0.3) is 0 Å². The van der Waals surface area contributed by atoms with E-state index in [-0.39, 0.29) is 24.2 Å². The topological polar surface area (TPSA) is 80.7 Å². The molecule has 0 aliphatic carbocycles. The number of likely N-dealkylation sites (tertiary alicyclic amines) is 1. The fraction of sp³-hybridized carbons (Fsp3) is 0.706. The summed E-state index contributed by atoms with van der Waals surface area (Å²) in [6, 6.07) is 4.09. The predicted octanol–water partition coefficient (Wildman–Crippen LogP) is 1.35. The number of amides is 1. The SMILES string of the molecule is Cc1ccc(C(CNC(=O)[C@@H]2CC[C@H](CN)O2)N2CCCC2)o1. The second kappa shape index (κ2) is 7.47. The van der Waals surface area contributed by atoms with E-state index in [2.05, 4.69) is 10.2 Å². The smallest absolute Gasteiger partial charge is 0.249 e. The average Bonchev–Trinajstić information content (AvgIpc) is 3.29. The predicted molar refractivity (Wildman–Crippen MR) is 87.0 cm³/mol. The van der Waals surface area contributed by atoms with Gasteiger partial charge in [0.05, 0.1) is 12.1 Å². The second-order valence-electron chi connectivity index (χ2n) is 6.51. The first-order chi connectivity index (χ1) is 11.2. The molecule has 3 rings (SSSR count). The monoisotopic (exact) mass is 321 g/mol. The molecule has 3 N–H and O–H groups in total. The standard InChI is InChI=1S/C17H27N3O3/c1-12-4-6-15(22-12)14(20-8-2-3-9-20)11-19-17(21)16-7-5-13(10-18)23-16/h4,6,13-14,16H,2-3,5,7-11,18H2,1H3,(H,19,21)/t13-,14?,16+/m1/s1. The van der Waals surface area contributed by atoms with Crippen LogP contribution in [0.2, 0.25) is 0 Å². The minimum absolute atomic E-state index is 0.0212. The van der Waals surface area contributed by atoms with Gasteiger partial charge in [-0.25, -0.2) is 0 Å². The number of nitrogens with one attached hydrogen (secondary N) is 1. The Kier molecular flexibility index (Phi) is 5.35. The number of furan rings is 1. The molecular formula is C17H27N3O3. The number of nitrogens with zero attached hydrogens (tertiary/aromatic N) is 1. The average molecular weight is 321 g/mol. The first-order valence-corrected chi connectivity index (χ1v) is 8.61. The molecular weight excluding hydrogens is 294 g/mol. The molecule has 0 saturated carbocycles. The maximum Gasteiger partial charge on any atom is 0.249 e. The van der Waals surface area contributed by atoms with E-state index in [9.17, 15) is 4.79 Å². The molecule has 0 bridgehead atoms. The molecule has 23 heavy (non-hydrogen) atoms. The Morgan fingerprint density at radius 2 is 2.17 bits per heavy atom. The van der Waals surface area contributed by atoms with E-state index in [1.807, 2.05) is 19.1 Å². The Bertz CT molecular complexity index is 525. The van der Waals surface area contributed by atoms with Gasteiger partial charge >= 0.3 is 0 Å². The Morgan fingerprint density at radius 1 is 1.39 bits per heavy atom. The summed E-state index contributed by atoms with van der Waals surface area (Å²) in [4.78, 5) is 14.7. The van der Waals surface area contributed by atoms with Gasteiger partial charge in [-0.1, -0.05) is 0 Å². The zero-order valence-corrected chi connectivity index (χ0v) is 13.8. The van der Waals surface area contributed by atoms with E-state index in [0.29, 0.717) is 13.1 Å². The van der Waals surface area contributed by atoms with Crippen molar-refractivity contribution < 1.29 is 13.9 Å². The van der Waals surface area contributed by atoms with E-state index in [0.717, 1.165) is 37.5 Å². The van der Waals surface area contributed by atoms with Gasteiger partial charge in [0.1, 0.15) is 17.6 Å². The highest BCUT2D eigenvalue weighted by molar-refractivity contribution is 5.81. The van der Waals surface area contributed by atoms with E-state index < -0.39 is 0 Å². The molecule has 0 radical (unpaired) electrons. The van der Waals surface area contributed by atoms with E-state index in [1.54, 1.807) is 0 Å². The van der Waals surface area contributed by atoms with Gasteiger partial charge < -0.3 is 20.2 Å². The fourth-order valence-electron chi connectivity index (χ4n) is 3.48. The third-order valence-electron chi connectivity index (χ3n) is 4.80. The molecule has 1 aromatic rings. The van der Waals surface area contributed by atoms with Crippen LogP contribution < -0.4 is 11.1 Å². The molecule has 2 saturated heterocycles. The van der Waals surface area contributed by atoms with Crippen LogP contribution in [0.15, 0.2) is 16.5 Å². The summed E-state index contributed by atoms with van der Waals surface area (Å²) >= 11 is 0. The number of rotatable bonds is 6. The van der Waals surface area contributed by atoms with Crippen molar-refractivity contribution >= 4 is 5.91 Å². The minimum atomic E-state index is -0.360. The Labute approximate surface area is 137 Å². The van der Waals surface area contributed by atoms with Gasteiger partial charge in [0.15, 0.2) is 0 Å². The zero-order chi connectivity index (χ0) is 16.2. The molecule has 1 aromatic heterocycles. The van der Waals surface area contributed by atoms with E-state index in [4.69, 9.17) is 14.9 Å². The zero-order valence-electron chi connectivity index (χ0n) is 13.8. The Balaban J connectivity index is 1.59. The summed E-state index contributed by atoms with van der Waals surface area (Å²) in [7, 11) is 0. The van der Waals surface area contributed by atoms with Crippen LogP contribution in [0.3, 0.4) is 0 Å². The molecule has 0 aromatic carbocycles. The number of aryl methyl sites for hydroxylation is 1. The van der Waals surface area contributed by atoms with E-state index in [1.165, 1.54) is 12.8 Å². The highest BCUT2D eigenvalue weighted by Gasteiger charge is 2.31. The largest absolute Gasteiger partial charge is 0.465 e. The van der Waals surface area contributed by atoms with Crippen LogP contribution in [-0.2, 0) is 9.53 Å². The number of carbonyl (C=O) groups excluding carboxylic acids is 1. The lowest BCUT2D eigenvalue weighted by Gasteiger charge is -2.26. The van der Waals surface area contributed by atoms with Crippen LogP contribution in [0.4, 0.5) is 0 Å². The quantitative estimate of drug-likeness (QED) is 0.826. The first kappa shape index (κ1) is 16.5. The van der Waals surface area contributed by atoms with Gasteiger partial charge in [-0.05, 0) is 57.8 Å². The van der Waals surface area contributed by atoms with Crippen LogP contribution in [0.5, 0.6) is 0 Å². The molecule has 128 valence electrons. The van der Waals surface area contributed by atoms with Crippen LogP contribution in [0, 0.1) is 6.92 Å².